The smallest absolute Gasteiger partial charge is 0.380 e. The number of hydrogen-bond acceptors (Lipinski definition) is 11. The Morgan fingerprint density at radius 3 is 2.78 bits per heavy atom. The minimum atomic E-state index is -4.70. The van der Waals surface area contributed by atoms with E-state index in [1.807, 2.05) is 0 Å². The molecule has 0 spiro atoms. The van der Waals surface area contributed by atoms with E-state index in [0.717, 1.165) is 0 Å². The molecule has 13 nitrogen and oxygen atoms in total. The molecule has 0 amide bonds. The first-order chi connectivity index (χ1) is 15.2. The Bertz CT molecular complexity index is 1280. The van der Waals surface area contributed by atoms with Crippen LogP contribution in [0.4, 0.5) is 5.82 Å². The second-order valence-electron chi connectivity index (χ2n) is 6.72. The van der Waals surface area contributed by atoms with Gasteiger partial charge in [-0.1, -0.05) is 29.8 Å². The highest BCUT2D eigenvalue weighted by molar-refractivity contribution is 7.85. The summed E-state index contributed by atoms with van der Waals surface area (Å²) in [6.45, 7) is -0.722. The molecule has 4 atom stereocenters. The summed E-state index contributed by atoms with van der Waals surface area (Å²) in [6, 6.07) is 5.76. The van der Waals surface area contributed by atoms with Crippen molar-refractivity contribution in [3.63, 3.8) is 0 Å². The van der Waals surface area contributed by atoms with Crippen LogP contribution in [0, 0.1) is 0 Å². The Labute approximate surface area is 186 Å². The number of nitrogens with zero attached hydrogens (tertiary/aromatic N) is 5. The summed E-state index contributed by atoms with van der Waals surface area (Å²) >= 11 is 5.86. The topological polar surface area (TPSA) is 198 Å². The summed E-state index contributed by atoms with van der Waals surface area (Å²) in [5.41, 5.74) is 6.11. The van der Waals surface area contributed by atoms with Gasteiger partial charge in [0, 0.05) is 16.5 Å². The van der Waals surface area contributed by atoms with Crippen LogP contribution < -0.4 is 10.8 Å². The maximum atomic E-state index is 12.1. The van der Waals surface area contributed by atoms with E-state index in [1.165, 1.54) is 35.4 Å². The van der Waals surface area contributed by atoms with Gasteiger partial charge in [0.15, 0.2) is 17.7 Å². The fraction of sp³-hybridized carbons (Fsp3) is 0.294. The third-order valence-corrected chi connectivity index (χ3v) is 5.83. The van der Waals surface area contributed by atoms with Crippen LogP contribution in [0.5, 0.6) is 0 Å². The second-order valence-corrected chi connectivity index (χ2v) is 8.40. The number of anilines is 1. The summed E-state index contributed by atoms with van der Waals surface area (Å²) in [5, 5.41) is 32.8. The zero-order valence-electron chi connectivity index (χ0n) is 16.0. The summed E-state index contributed by atoms with van der Waals surface area (Å²) in [7, 11) is -4.70. The minimum Gasteiger partial charge on any atom is -0.858 e. The van der Waals surface area contributed by atoms with Gasteiger partial charge in [0.1, 0.15) is 30.2 Å². The van der Waals surface area contributed by atoms with Gasteiger partial charge in [0.25, 0.3) is 0 Å². The highest BCUT2D eigenvalue weighted by Crippen LogP contribution is 2.32. The van der Waals surface area contributed by atoms with Crippen molar-refractivity contribution in [3.05, 3.63) is 47.5 Å². The molecule has 2 aromatic heterocycles. The summed E-state index contributed by atoms with van der Waals surface area (Å²) < 4.78 is 38.8. The third-order valence-electron chi connectivity index (χ3n) is 4.68. The molecular formula is C17H16ClN6O7S-. The van der Waals surface area contributed by atoms with Crippen LogP contribution in [0.2, 0.25) is 5.02 Å². The normalized spacial score (nSPS) is 24.3. The summed E-state index contributed by atoms with van der Waals surface area (Å²) in [4.78, 5) is 11.9. The van der Waals surface area contributed by atoms with E-state index in [1.54, 1.807) is 6.07 Å². The van der Waals surface area contributed by atoms with E-state index in [9.17, 15) is 23.7 Å². The number of hydrogen-bond donors (Lipinski definition) is 3. The van der Waals surface area contributed by atoms with Gasteiger partial charge in [-0.25, -0.2) is 19.1 Å². The summed E-state index contributed by atoms with van der Waals surface area (Å²) in [5.74, 6) is -1.01. The number of halogens is 1. The standard InChI is InChI=1S/C17H17ClN6O7S/c18-9-4-2-1-3-8(9)16(27)23-32(28,29)30-5-10-12(25)13(26)17(31-10)24-7-22-11-14(19)20-6-21-15(11)24/h1-4,6-7,10,12-13,17,25-26H,5H2,(H,23,27)(H2,19,20,21)/p-1/t10?,12-,13-,17?/m1/s1. The van der Waals surface area contributed by atoms with Crippen molar-refractivity contribution < 1.29 is 32.7 Å². The molecule has 1 aliphatic rings. The van der Waals surface area contributed by atoms with Gasteiger partial charge in [-0.15, -0.1) is 0 Å². The molecule has 4 N–H and O–H groups in total. The van der Waals surface area contributed by atoms with Gasteiger partial charge in [0.2, 0.25) is 0 Å². The predicted octanol–water partition coefficient (Wildman–Crippen LogP) is -1.25. The van der Waals surface area contributed by atoms with E-state index in [0.29, 0.717) is 0 Å². The first-order valence-electron chi connectivity index (χ1n) is 9.04. The molecule has 4 rings (SSSR count). The lowest BCUT2D eigenvalue weighted by molar-refractivity contribution is -0.212. The Kier molecular flexibility index (Phi) is 5.98. The van der Waals surface area contributed by atoms with E-state index in [2.05, 4.69) is 19.3 Å². The van der Waals surface area contributed by atoms with Crippen molar-refractivity contribution in [1.29, 1.82) is 0 Å². The van der Waals surface area contributed by atoms with Gasteiger partial charge in [-0.2, -0.15) is 12.8 Å². The number of aromatic nitrogens is 4. The Balaban J connectivity index is 1.48. The molecule has 3 heterocycles. The predicted molar refractivity (Wildman–Crippen MR) is 109 cm³/mol. The molecule has 1 saturated heterocycles. The number of ether oxygens (including phenoxy) is 1. The van der Waals surface area contributed by atoms with Crippen molar-refractivity contribution in [2.24, 2.45) is 4.40 Å². The molecule has 1 aromatic carbocycles. The fourth-order valence-electron chi connectivity index (χ4n) is 3.12. The van der Waals surface area contributed by atoms with Crippen LogP contribution in [-0.2, 0) is 19.2 Å². The van der Waals surface area contributed by atoms with Crippen molar-refractivity contribution >= 4 is 44.8 Å². The Morgan fingerprint density at radius 2 is 2.03 bits per heavy atom. The monoisotopic (exact) mass is 483 g/mol. The Morgan fingerprint density at radius 1 is 1.28 bits per heavy atom. The lowest BCUT2D eigenvalue weighted by atomic mass is 10.1. The number of nitrogens with two attached hydrogens (primary N) is 1. The molecule has 1 fully saturated rings. The largest absolute Gasteiger partial charge is 0.858 e. The quantitative estimate of drug-likeness (QED) is 0.279. The van der Waals surface area contributed by atoms with E-state index in [4.69, 9.17) is 26.3 Å². The molecule has 0 saturated carbocycles. The lowest BCUT2D eigenvalue weighted by Gasteiger charge is -2.16. The zero-order chi connectivity index (χ0) is 23.0. The molecule has 3 aromatic rings. The number of imidazole rings is 1. The molecule has 2 unspecified atom stereocenters. The van der Waals surface area contributed by atoms with Crippen LogP contribution in [0.25, 0.3) is 11.2 Å². The van der Waals surface area contributed by atoms with Crippen LogP contribution in [0.1, 0.15) is 11.8 Å². The molecule has 1 aliphatic heterocycles. The molecule has 32 heavy (non-hydrogen) atoms. The number of aliphatic hydroxyl groups excluding tert-OH is 2. The SMILES string of the molecule is Nc1ncnc2c1ncn2C1OC(COS(=O)(=O)/N=C(\[O-])c2ccccc2Cl)[C@@H](O)[C@H]1O. The zero-order valence-corrected chi connectivity index (χ0v) is 17.6. The number of aliphatic hydroxyl groups is 2. The van der Waals surface area contributed by atoms with Crippen LogP contribution in [0.15, 0.2) is 41.3 Å². The van der Waals surface area contributed by atoms with Crippen molar-refractivity contribution in [1.82, 2.24) is 19.5 Å². The van der Waals surface area contributed by atoms with E-state index < -0.39 is 47.3 Å². The van der Waals surface area contributed by atoms with Crippen LogP contribution in [0.3, 0.4) is 0 Å². The average Bonchev–Trinajstić information content (AvgIpc) is 3.29. The molecule has 0 aliphatic carbocycles. The number of benzene rings is 1. The molecule has 15 heteroatoms. The third kappa shape index (κ3) is 4.23. The van der Waals surface area contributed by atoms with Crippen molar-refractivity contribution in [2.75, 3.05) is 12.3 Å². The molecule has 0 bridgehead atoms. The van der Waals surface area contributed by atoms with Crippen LogP contribution in [-0.4, -0.2) is 69.0 Å². The fourth-order valence-corrected chi connectivity index (χ4v) is 3.99. The first-order valence-corrected chi connectivity index (χ1v) is 10.8. The van der Waals surface area contributed by atoms with Crippen molar-refractivity contribution in [3.8, 4) is 0 Å². The average molecular weight is 484 g/mol. The first kappa shape index (κ1) is 22.3. The van der Waals surface area contributed by atoms with Crippen LogP contribution >= 0.6 is 11.6 Å². The minimum absolute atomic E-state index is 0.0222. The van der Waals surface area contributed by atoms with Gasteiger partial charge in [-0.3, -0.25) is 4.57 Å². The highest BCUT2D eigenvalue weighted by Gasteiger charge is 2.45. The van der Waals surface area contributed by atoms with Crippen molar-refractivity contribution in [2.45, 2.75) is 24.5 Å². The van der Waals surface area contributed by atoms with E-state index >= 15 is 0 Å². The number of rotatable bonds is 6. The Hall–Kier alpha value is -2.88. The van der Waals surface area contributed by atoms with E-state index in [-0.39, 0.29) is 27.6 Å². The second kappa shape index (κ2) is 8.57. The maximum Gasteiger partial charge on any atom is 0.380 e. The van der Waals surface area contributed by atoms with Gasteiger partial charge >= 0.3 is 10.3 Å². The summed E-state index contributed by atoms with van der Waals surface area (Å²) in [6.07, 6.45) is -2.95. The lowest BCUT2D eigenvalue weighted by Crippen LogP contribution is -2.34. The van der Waals surface area contributed by atoms with Gasteiger partial charge in [0.05, 0.1) is 12.9 Å². The molecular weight excluding hydrogens is 468 g/mol. The number of nitrogen functional groups attached to an aromatic ring is 1. The molecule has 0 radical (unpaired) electrons. The van der Waals surface area contributed by atoms with Gasteiger partial charge in [-0.05, 0) is 6.07 Å². The van der Waals surface area contributed by atoms with Gasteiger partial charge < -0.3 is 25.8 Å². The molecule has 170 valence electrons. The maximum absolute atomic E-state index is 12.1. The number of fused-ring (bicyclic) bond motifs is 1. The highest BCUT2D eigenvalue weighted by atomic mass is 35.5.